The van der Waals surface area contributed by atoms with Crippen molar-refractivity contribution >= 4 is 29.7 Å². The zero-order chi connectivity index (χ0) is 16.3. The van der Waals surface area contributed by atoms with Gasteiger partial charge in [0.2, 0.25) is 5.91 Å². The molecule has 0 radical (unpaired) electrons. The van der Waals surface area contributed by atoms with Crippen LogP contribution in [0.5, 0.6) is 0 Å². The molecule has 0 aromatic heterocycles. The van der Waals surface area contributed by atoms with E-state index in [-0.39, 0.29) is 13.2 Å². The van der Waals surface area contributed by atoms with Gasteiger partial charge in [-0.3, -0.25) is 19.9 Å². The molecule has 1 atom stereocenters. The van der Waals surface area contributed by atoms with Gasteiger partial charge in [0.15, 0.2) is 5.92 Å². The number of barbiturate groups is 1. The normalized spacial score (nSPS) is 19.0. The number of nitrogens with zero attached hydrogens (tertiary/aromatic N) is 2. The Hall–Kier alpha value is -2.54. The summed E-state index contributed by atoms with van der Waals surface area (Å²) in [5.41, 5.74) is 2.37. The molecular formula is C15H17N3O4. The van der Waals surface area contributed by atoms with Gasteiger partial charge in [-0.2, -0.15) is 0 Å². The molecule has 4 amide bonds. The lowest BCUT2D eigenvalue weighted by Crippen LogP contribution is -2.58. The Bertz CT molecular complexity index is 654. The molecule has 1 aliphatic rings. The van der Waals surface area contributed by atoms with Gasteiger partial charge >= 0.3 is 6.03 Å². The van der Waals surface area contributed by atoms with E-state index in [4.69, 9.17) is 5.11 Å². The number of carbonyl (C=O) groups excluding carboxylic acids is 3. The van der Waals surface area contributed by atoms with Crippen LogP contribution >= 0.6 is 0 Å². The number of anilines is 1. The number of amides is 4. The fourth-order valence-electron chi connectivity index (χ4n) is 2.07. The van der Waals surface area contributed by atoms with E-state index in [1.165, 1.54) is 0 Å². The molecule has 1 fully saturated rings. The second kappa shape index (κ2) is 6.48. The number of aryl methyl sites for hydroxylation is 2. The molecule has 1 aromatic rings. The predicted octanol–water partition coefficient (Wildman–Crippen LogP) is 0.566. The van der Waals surface area contributed by atoms with Crippen molar-refractivity contribution < 1.29 is 19.5 Å². The molecule has 2 rings (SSSR count). The van der Waals surface area contributed by atoms with Crippen LogP contribution < -0.4 is 10.2 Å². The molecule has 0 saturated carbocycles. The van der Waals surface area contributed by atoms with Crippen LogP contribution in [0.25, 0.3) is 0 Å². The summed E-state index contributed by atoms with van der Waals surface area (Å²) in [5, 5.41) is 10.8. The van der Waals surface area contributed by atoms with E-state index in [0.29, 0.717) is 5.69 Å². The number of aliphatic imine (C=N–C) groups is 1. The van der Waals surface area contributed by atoms with Crippen LogP contribution in [0.2, 0.25) is 0 Å². The van der Waals surface area contributed by atoms with Crippen LogP contribution in [0.15, 0.2) is 23.2 Å². The van der Waals surface area contributed by atoms with Crippen LogP contribution in [-0.4, -0.2) is 42.3 Å². The third-order valence-corrected chi connectivity index (χ3v) is 3.43. The van der Waals surface area contributed by atoms with Gasteiger partial charge in [-0.15, -0.1) is 0 Å². The number of aliphatic hydroxyl groups excluding tert-OH is 1. The highest BCUT2D eigenvalue weighted by Crippen LogP contribution is 2.22. The van der Waals surface area contributed by atoms with Crippen molar-refractivity contribution in [2.24, 2.45) is 10.9 Å². The first-order valence-electron chi connectivity index (χ1n) is 6.82. The first-order chi connectivity index (χ1) is 10.5. The molecule has 0 aliphatic carbocycles. The fraction of sp³-hybridized carbons (Fsp3) is 0.333. The van der Waals surface area contributed by atoms with E-state index < -0.39 is 23.8 Å². The van der Waals surface area contributed by atoms with Gasteiger partial charge in [-0.05, 0) is 37.1 Å². The standard InChI is InChI=1S/C15H17N3O4/c1-9-3-4-11(7-10(9)2)18-14(21)12(8-16-5-6-19)13(20)17-15(18)22/h3-4,7-8,12,19H,5-6H2,1-2H3,(H,17,20,22)/t12-/m1/s1. The summed E-state index contributed by atoms with van der Waals surface area (Å²) >= 11 is 0. The summed E-state index contributed by atoms with van der Waals surface area (Å²) in [6, 6.07) is 4.39. The summed E-state index contributed by atoms with van der Waals surface area (Å²) in [7, 11) is 0. The van der Waals surface area contributed by atoms with Crippen molar-refractivity contribution in [1.29, 1.82) is 0 Å². The van der Waals surface area contributed by atoms with Crippen molar-refractivity contribution in [3.8, 4) is 0 Å². The van der Waals surface area contributed by atoms with Gasteiger partial charge in [0.25, 0.3) is 5.91 Å². The Labute approximate surface area is 127 Å². The lowest BCUT2D eigenvalue weighted by Gasteiger charge is -2.28. The lowest BCUT2D eigenvalue weighted by atomic mass is 10.0. The Kier molecular flexibility index (Phi) is 4.67. The highest BCUT2D eigenvalue weighted by molar-refractivity contribution is 6.32. The summed E-state index contributed by atoms with van der Waals surface area (Å²) in [6.45, 7) is 3.70. The third-order valence-electron chi connectivity index (χ3n) is 3.43. The number of carbonyl (C=O) groups is 3. The molecule has 116 valence electrons. The smallest absolute Gasteiger partial charge is 0.335 e. The molecule has 1 aromatic carbocycles. The Morgan fingerprint density at radius 2 is 2.00 bits per heavy atom. The van der Waals surface area contributed by atoms with Crippen molar-refractivity contribution in [2.45, 2.75) is 13.8 Å². The van der Waals surface area contributed by atoms with Crippen molar-refractivity contribution in [2.75, 3.05) is 18.1 Å². The second-order valence-electron chi connectivity index (χ2n) is 4.99. The average Bonchev–Trinajstić information content (AvgIpc) is 2.46. The lowest BCUT2D eigenvalue weighted by molar-refractivity contribution is -0.131. The molecule has 1 aliphatic heterocycles. The number of rotatable bonds is 4. The summed E-state index contributed by atoms with van der Waals surface area (Å²) in [5.74, 6) is -2.54. The minimum atomic E-state index is -1.18. The highest BCUT2D eigenvalue weighted by atomic mass is 16.3. The molecule has 1 saturated heterocycles. The number of hydrogen-bond donors (Lipinski definition) is 2. The number of aliphatic hydroxyl groups is 1. The van der Waals surface area contributed by atoms with Crippen LogP contribution in [0.4, 0.5) is 10.5 Å². The van der Waals surface area contributed by atoms with Gasteiger partial charge in [-0.1, -0.05) is 6.07 Å². The number of hydrogen-bond acceptors (Lipinski definition) is 5. The molecular weight excluding hydrogens is 286 g/mol. The van der Waals surface area contributed by atoms with Crippen molar-refractivity contribution in [3.05, 3.63) is 29.3 Å². The van der Waals surface area contributed by atoms with Gasteiger partial charge < -0.3 is 5.11 Å². The number of benzene rings is 1. The van der Waals surface area contributed by atoms with Crippen LogP contribution in [-0.2, 0) is 9.59 Å². The summed E-state index contributed by atoms with van der Waals surface area (Å²) < 4.78 is 0. The topological polar surface area (TPSA) is 99.1 Å². The third kappa shape index (κ3) is 3.04. The minimum absolute atomic E-state index is 0.0919. The van der Waals surface area contributed by atoms with E-state index in [2.05, 4.69) is 10.3 Å². The fourth-order valence-corrected chi connectivity index (χ4v) is 2.07. The number of imide groups is 2. The SMILES string of the molecule is Cc1ccc(N2C(=O)NC(=O)[C@@H](C=NCCO)C2=O)cc1C. The summed E-state index contributed by atoms with van der Waals surface area (Å²) in [4.78, 5) is 40.9. The van der Waals surface area contributed by atoms with Gasteiger partial charge in [0, 0.05) is 6.21 Å². The quantitative estimate of drug-likeness (QED) is 0.627. The van der Waals surface area contributed by atoms with E-state index in [1.54, 1.807) is 18.2 Å². The second-order valence-corrected chi connectivity index (χ2v) is 4.99. The van der Waals surface area contributed by atoms with Crippen molar-refractivity contribution in [3.63, 3.8) is 0 Å². The highest BCUT2D eigenvalue weighted by Gasteiger charge is 2.40. The molecule has 0 bridgehead atoms. The molecule has 1 heterocycles. The zero-order valence-electron chi connectivity index (χ0n) is 12.4. The molecule has 7 heteroatoms. The minimum Gasteiger partial charge on any atom is -0.394 e. The molecule has 0 spiro atoms. The molecule has 7 nitrogen and oxygen atoms in total. The first-order valence-corrected chi connectivity index (χ1v) is 6.82. The molecule has 2 N–H and O–H groups in total. The number of urea groups is 1. The zero-order valence-corrected chi connectivity index (χ0v) is 12.4. The Balaban J connectivity index is 2.33. The maximum atomic E-state index is 12.4. The largest absolute Gasteiger partial charge is 0.394 e. The maximum Gasteiger partial charge on any atom is 0.335 e. The maximum absolute atomic E-state index is 12.4. The Morgan fingerprint density at radius 3 is 2.64 bits per heavy atom. The van der Waals surface area contributed by atoms with Crippen LogP contribution in [0.1, 0.15) is 11.1 Å². The van der Waals surface area contributed by atoms with Gasteiger partial charge in [0.05, 0.1) is 18.8 Å². The molecule has 22 heavy (non-hydrogen) atoms. The van der Waals surface area contributed by atoms with Crippen LogP contribution in [0.3, 0.4) is 0 Å². The summed E-state index contributed by atoms with van der Waals surface area (Å²) in [6.07, 6.45) is 1.16. The number of nitrogens with one attached hydrogen (secondary N) is 1. The van der Waals surface area contributed by atoms with E-state index >= 15 is 0 Å². The van der Waals surface area contributed by atoms with Gasteiger partial charge in [-0.25, -0.2) is 9.69 Å². The Morgan fingerprint density at radius 1 is 1.27 bits per heavy atom. The van der Waals surface area contributed by atoms with E-state index in [9.17, 15) is 14.4 Å². The van der Waals surface area contributed by atoms with Gasteiger partial charge in [0.1, 0.15) is 0 Å². The predicted molar refractivity (Wildman–Crippen MR) is 80.9 cm³/mol. The monoisotopic (exact) mass is 303 g/mol. The van der Waals surface area contributed by atoms with Crippen molar-refractivity contribution in [1.82, 2.24) is 5.32 Å². The average molecular weight is 303 g/mol. The van der Waals surface area contributed by atoms with E-state index in [0.717, 1.165) is 22.2 Å². The van der Waals surface area contributed by atoms with E-state index in [1.807, 2.05) is 13.8 Å². The molecule has 0 unspecified atom stereocenters. The van der Waals surface area contributed by atoms with Crippen LogP contribution in [0, 0.1) is 19.8 Å². The first kappa shape index (κ1) is 15.8.